The predicted molar refractivity (Wildman–Crippen MR) is 69.3 cm³/mol. The molecule has 1 aromatic carbocycles. The van der Waals surface area contributed by atoms with E-state index in [1.807, 2.05) is 0 Å². The SMILES string of the molecule is NCC(=O)Nc1ccc(C2CCC(=O)NC2=O)cc1. The summed E-state index contributed by atoms with van der Waals surface area (Å²) in [7, 11) is 0. The van der Waals surface area contributed by atoms with Crippen LogP contribution in [0.15, 0.2) is 24.3 Å². The molecule has 3 amide bonds. The van der Waals surface area contributed by atoms with Gasteiger partial charge in [0.15, 0.2) is 0 Å². The maximum Gasteiger partial charge on any atom is 0.238 e. The first-order valence-corrected chi connectivity index (χ1v) is 6.03. The van der Waals surface area contributed by atoms with Crippen molar-refractivity contribution in [1.29, 1.82) is 0 Å². The molecule has 2 rings (SSSR count). The van der Waals surface area contributed by atoms with Crippen molar-refractivity contribution in [3.8, 4) is 0 Å². The molecule has 0 spiro atoms. The van der Waals surface area contributed by atoms with E-state index in [1.54, 1.807) is 24.3 Å². The van der Waals surface area contributed by atoms with Gasteiger partial charge in [-0.3, -0.25) is 19.7 Å². The molecule has 0 radical (unpaired) electrons. The minimum absolute atomic E-state index is 0.0745. The van der Waals surface area contributed by atoms with Crippen LogP contribution in [0.3, 0.4) is 0 Å². The maximum absolute atomic E-state index is 11.7. The Morgan fingerprint density at radius 2 is 2.00 bits per heavy atom. The van der Waals surface area contributed by atoms with Gasteiger partial charge in [0.25, 0.3) is 0 Å². The van der Waals surface area contributed by atoms with Crippen molar-refractivity contribution in [1.82, 2.24) is 5.32 Å². The number of hydrogen-bond donors (Lipinski definition) is 3. The molecule has 1 heterocycles. The highest BCUT2D eigenvalue weighted by Gasteiger charge is 2.27. The number of nitrogens with two attached hydrogens (primary N) is 1. The van der Waals surface area contributed by atoms with Crippen LogP contribution < -0.4 is 16.4 Å². The second-order valence-corrected chi connectivity index (χ2v) is 4.38. The third-order valence-corrected chi connectivity index (χ3v) is 3.02. The Labute approximate surface area is 110 Å². The van der Waals surface area contributed by atoms with Gasteiger partial charge in [0, 0.05) is 12.1 Å². The molecule has 6 nitrogen and oxygen atoms in total. The molecule has 0 bridgehead atoms. The van der Waals surface area contributed by atoms with Crippen LogP contribution >= 0.6 is 0 Å². The fourth-order valence-corrected chi connectivity index (χ4v) is 2.02. The van der Waals surface area contributed by atoms with Crippen LogP contribution in [0.2, 0.25) is 0 Å². The second-order valence-electron chi connectivity index (χ2n) is 4.38. The number of anilines is 1. The molecule has 1 fully saturated rings. The molecule has 1 aliphatic rings. The molecule has 19 heavy (non-hydrogen) atoms. The number of piperidine rings is 1. The molecular formula is C13H15N3O3. The van der Waals surface area contributed by atoms with Crippen LogP contribution in [0.5, 0.6) is 0 Å². The van der Waals surface area contributed by atoms with Crippen molar-refractivity contribution in [2.24, 2.45) is 5.73 Å². The van der Waals surface area contributed by atoms with Crippen LogP contribution in [0, 0.1) is 0 Å². The third kappa shape index (κ3) is 3.17. The van der Waals surface area contributed by atoms with Crippen molar-refractivity contribution in [3.05, 3.63) is 29.8 Å². The van der Waals surface area contributed by atoms with Crippen LogP contribution in [-0.2, 0) is 14.4 Å². The minimum Gasteiger partial charge on any atom is -0.325 e. The Hall–Kier alpha value is -2.21. The highest BCUT2D eigenvalue weighted by atomic mass is 16.2. The monoisotopic (exact) mass is 261 g/mol. The highest BCUT2D eigenvalue weighted by molar-refractivity contribution is 6.01. The van der Waals surface area contributed by atoms with Crippen molar-refractivity contribution in [2.75, 3.05) is 11.9 Å². The number of hydrogen-bond acceptors (Lipinski definition) is 4. The first-order chi connectivity index (χ1) is 9.10. The molecule has 1 aromatic rings. The van der Waals surface area contributed by atoms with E-state index >= 15 is 0 Å². The van der Waals surface area contributed by atoms with E-state index in [-0.39, 0.29) is 30.2 Å². The molecule has 4 N–H and O–H groups in total. The molecule has 1 atom stereocenters. The second kappa shape index (κ2) is 5.62. The first-order valence-electron chi connectivity index (χ1n) is 6.03. The van der Waals surface area contributed by atoms with E-state index in [0.717, 1.165) is 5.56 Å². The molecule has 1 aliphatic heterocycles. The number of rotatable bonds is 3. The normalized spacial score (nSPS) is 18.9. The van der Waals surface area contributed by atoms with Crippen LogP contribution in [0.25, 0.3) is 0 Å². The zero-order valence-electron chi connectivity index (χ0n) is 10.3. The average Bonchev–Trinajstić information content (AvgIpc) is 2.40. The molecule has 100 valence electrons. The van der Waals surface area contributed by atoms with Gasteiger partial charge in [0.05, 0.1) is 12.5 Å². The maximum atomic E-state index is 11.7. The number of carbonyl (C=O) groups is 3. The van der Waals surface area contributed by atoms with E-state index < -0.39 is 0 Å². The van der Waals surface area contributed by atoms with Crippen LogP contribution in [0.4, 0.5) is 5.69 Å². The van der Waals surface area contributed by atoms with Gasteiger partial charge in [-0.2, -0.15) is 0 Å². The lowest BCUT2D eigenvalue weighted by molar-refractivity contribution is -0.134. The fraction of sp³-hybridized carbons (Fsp3) is 0.308. The summed E-state index contributed by atoms with van der Waals surface area (Å²) >= 11 is 0. The Balaban J connectivity index is 2.08. The highest BCUT2D eigenvalue weighted by Crippen LogP contribution is 2.25. The third-order valence-electron chi connectivity index (χ3n) is 3.02. The predicted octanol–water partition coefficient (Wildman–Crippen LogP) is 0.104. The molecule has 0 saturated carbocycles. The van der Waals surface area contributed by atoms with E-state index in [9.17, 15) is 14.4 Å². The number of imide groups is 1. The van der Waals surface area contributed by atoms with Crippen LogP contribution in [-0.4, -0.2) is 24.3 Å². The molecule has 0 aromatic heterocycles. The van der Waals surface area contributed by atoms with Gasteiger partial charge in [-0.1, -0.05) is 12.1 Å². The summed E-state index contributed by atoms with van der Waals surface area (Å²) in [4.78, 5) is 33.9. The lowest BCUT2D eigenvalue weighted by atomic mass is 9.90. The Kier molecular flexibility index (Phi) is 3.91. The molecule has 1 unspecified atom stereocenters. The topological polar surface area (TPSA) is 101 Å². The number of nitrogens with one attached hydrogen (secondary N) is 2. The number of amides is 3. The Bertz CT molecular complexity index is 510. The lowest BCUT2D eigenvalue weighted by Gasteiger charge is -2.21. The summed E-state index contributed by atoms with van der Waals surface area (Å²) in [5.74, 6) is -1.08. The van der Waals surface area contributed by atoms with Crippen molar-refractivity contribution >= 4 is 23.4 Å². The van der Waals surface area contributed by atoms with Gasteiger partial charge >= 0.3 is 0 Å². The van der Waals surface area contributed by atoms with Gasteiger partial charge in [-0.25, -0.2) is 0 Å². The van der Waals surface area contributed by atoms with E-state index in [4.69, 9.17) is 5.73 Å². The first kappa shape index (κ1) is 13.2. The van der Waals surface area contributed by atoms with Crippen LogP contribution in [0.1, 0.15) is 24.3 Å². The van der Waals surface area contributed by atoms with Crippen molar-refractivity contribution in [2.45, 2.75) is 18.8 Å². The largest absolute Gasteiger partial charge is 0.325 e. The quantitative estimate of drug-likeness (QED) is 0.672. The van der Waals surface area contributed by atoms with Gasteiger partial charge in [-0.05, 0) is 24.1 Å². The van der Waals surface area contributed by atoms with Gasteiger partial charge in [-0.15, -0.1) is 0 Å². The fourth-order valence-electron chi connectivity index (χ4n) is 2.02. The van der Waals surface area contributed by atoms with Gasteiger partial charge in [0.2, 0.25) is 17.7 Å². The van der Waals surface area contributed by atoms with Gasteiger partial charge < -0.3 is 11.1 Å². The summed E-state index contributed by atoms with van der Waals surface area (Å²) in [5.41, 5.74) is 6.66. The summed E-state index contributed by atoms with van der Waals surface area (Å²) in [5, 5.41) is 4.94. The molecular weight excluding hydrogens is 246 g/mol. The van der Waals surface area contributed by atoms with Crippen molar-refractivity contribution in [3.63, 3.8) is 0 Å². The van der Waals surface area contributed by atoms with Gasteiger partial charge in [0.1, 0.15) is 0 Å². The standard InChI is InChI=1S/C13H15N3O3/c14-7-12(18)15-9-3-1-8(2-4-9)10-5-6-11(17)16-13(10)19/h1-4,10H,5-7,14H2,(H,15,18)(H,16,17,19). The zero-order chi connectivity index (χ0) is 13.8. The number of benzene rings is 1. The number of carbonyl (C=O) groups excluding carboxylic acids is 3. The molecule has 6 heteroatoms. The lowest BCUT2D eigenvalue weighted by Crippen LogP contribution is -2.39. The Morgan fingerprint density at radius 1 is 1.32 bits per heavy atom. The minimum atomic E-state index is -0.308. The van der Waals surface area contributed by atoms with E-state index in [1.165, 1.54) is 0 Å². The van der Waals surface area contributed by atoms with Crippen molar-refractivity contribution < 1.29 is 14.4 Å². The average molecular weight is 261 g/mol. The summed E-state index contributed by atoms with van der Waals surface area (Å²) in [6.45, 7) is -0.0745. The van der Waals surface area contributed by atoms with E-state index in [0.29, 0.717) is 18.5 Å². The smallest absolute Gasteiger partial charge is 0.238 e. The zero-order valence-corrected chi connectivity index (χ0v) is 10.3. The molecule has 0 aliphatic carbocycles. The van der Waals surface area contributed by atoms with E-state index in [2.05, 4.69) is 10.6 Å². The Morgan fingerprint density at radius 3 is 2.58 bits per heavy atom. The summed E-state index contributed by atoms with van der Waals surface area (Å²) in [6, 6.07) is 6.97. The molecule has 1 saturated heterocycles. The summed E-state index contributed by atoms with van der Waals surface area (Å²) in [6.07, 6.45) is 0.862. The summed E-state index contributed by atoms with van der Waals surface area (Å²) < 4.78 is 0.